The topological polar surface area (TPSA) is 51.8 Å². The molecule has 1 aromatic heterocycles. The van der Waals surface area contributed by atoms with Crippen molar-refractivity contribution in [3.63, 3.8) is 0 Å². The highest BCUT2D eigenvalue weighted by Gasteiger charge is 2.04. The molecule has 0 saturated carbocycles. The quantitative estimate of drug-likeness (QED) is 0.596. The van der Waals surface area contributed by atoms with Gasteiger partial charge in [-0.25, -0.2) is 9.97 Å². The van der Waals surface area contributed by atoms with Gasteiger partial charge in [-0.15, -0.1) is 0 Å². The zero-order valence-electron chi connectivity index (χ0n) is 8.29. The summed E-state index contributed by atoms with van der Waals surface area (Å²) >= 11 is 1.68. The second kappa shape index (κ2) is 4.46. The number of aromatic nitrogens is 2. The Morgan fingerprint density at radius 1 is 1.23 bits per heavy atom. The average molecular weight is 197 g/mol. The molecule has 0 atom stereocenters. The number of nitrogens with zero attached hydrogens (tertiary/aromatic N) is 2. The number of hydrogen-bond acceptors (Lipinski definition) is 4. The second-order valence-electron chi connectivity index (χ2n) is 2.94. The van der Waals surface area contributed by atoms with Gasteiger partial charge in [0.1, 0.15) is 0 Å². The van der Waals surface area contributed by atoms with Gasteiger partial charge in [-0.1, -0.05) is 18.7 Å². The normalized spacial score (nSPS) is 10.4. The van der Waals surface area contributed by atoms with E-state index in [4.69, 9.17) is 5.73 Å². The standard InChI is InChI=1S/C9H15N3S/c1-4-5-13-9-11-6(2)8(10)7(3)12-9/h4-5,10H2,1-3H3. The fourth-order valence-electron chi connectivity index (χ4n) is 0.952. The Kier molecular flexibility index (Phi) is 3.54. The van der Waals surface area contributed by atoms with Crippen molar-refractivity contribution in [2.45, 2.75) is 32.3 Å². The van der Waals surface area contributed by atoms with Gasteiger partial charge >= 0.3 is 0 Å². The maximum absolute atomic E-state index is 5.75. The van der Waals surface area contributed by atoms with E-state index in [1.54, 1.807) is 11.8 Å². The molecule has 1 rings (SSSR count). The van der Waals surface area contributed by atoms with E-state index in [2.05, 4.69) is 16.9 Å². The second-order valence-corrected chi connectivity index (χ2v) is 4.00. The third kappa shape index (κ3) is 2.59. The minimum atomic E-state index is 0.709. The van der Waals surface area contributed by atoms with Gasteiger partial charge < -0.3 is 5.73 Å². The lowest BCUT2D eigenvalue weighted by Crippen LogP contribution is -2.01. The molecule has 0 bridgehead atoms. The first kappa shape index (κ1) is 10.3. The van der Waals surface area contributed by atoms with Crippen molar-refractivity contribution in [1.29, 1.82) is 0 Å². The first-order chi connectivity index (χ1) is 6.15. The Morgan fingerprint density at radius 2 is 1.77 bits per heavy atom. The maximum atomic E-state index is 5.75. The van der Waals surface area contributed by atoms with E-state index < -0.39 is 0 Å². The molecule has 3 nitrogen and oxygen atoms in total. The molecule has 0 aliphatic carbocycles. The number of thioether (sulfide) groups is 1. The number of nitrogens with two attached hydrogens (primary N) is 1. The van der Waals surface area contributed by atoms with Crippen LogP contribution in [0.25, 0.3) is 0 Å². The molecule has 0 aliphatic rings. The number of hydrogen-bond donors (Lipinski definition) is 1. The van der Waals surface area contributed by atoms with E-state index in [1.165, 1.54) is 0 Å². The number of aryl methyl sites for hydroxylation is 2. The van der Waals surface area contributed by atoms with E-state index in [-0.39, 0.29) is 0 Å². The van der Waals surface area contributed by atoms with E-state index in [0.717, 1.165) is 28.7 Å². The van der Waals surface area contributed by atoms with Gasteiger partial charge in [0, 0.05) is 5.75 Å². The predicted molar refractivity (Wildman–Crippen MR) is 56.9 cm³/mol. The van der Waals surface area contributed by atoms with E-state index in [0.29, 0.717) is 5.69 Å². The monoisotopic (exact) mass is 197 g/mol. The van der Waals surface area contributed by atoms with Crippen molar-refractivity contribution in [3.05, 3.63) is 11.4 Å². The van der Waals surface area contributed by atoms with Crippen LogP contribution in [0.2, 0.25) is 0 Å². The molecule has 0 aromatic carbocycles. The van der Waals surface area contributed by atoms with Gasteiger partial charge in [-0.2, -0.15) is 0 Å². The SMILES string of the molecule is CCCSc1nc(C)c(N)c(C)n1. The highest BCUT2D eigenvalue weighted by Crippen LogP contribution is 2.19. The summed E-state index contributed by atoms with van der Waals surface area (Å²) in [6, 6.07) is 0. The molecule has 2 N–H and O–H groups in total. The molecular weight excluding hydrogens is 182 g/mol. The van der Waals surface area contributed by atoms with Crippen molar-refractivity contribution in [1.82, 2.24) is 9.97 Å². The molecule has 0 spiro atoms. The summed E-state index contributed by atoms with van der Waals surface area (Å²) in [5.41, 5.74) is 8.22. The van der Waals surface area contributed by atoms with Crippen LogP contribution in [0.4, 0.5) is 5.69 Å². The van der Waals surface area contributed by atoms with Gasteiger partial charge in [0.25, 0.3) is 0 Å². The Morgan fingerprint density at radius 3 is 2.23 bits per heavy atom. The molecule has 0 amide bonds. The zero-order chi connectivity index (χ0) is 9.84. The van der Waals surface area contributed by atoms with Gasteiger partial charge in [0.15, 0.2) is 5.16 Å². The van der Waals surface area contributed by atoms with Crippen LogP contribution < -0.4 is 5.73 Å². The molecule has 1 heterocycles. The summed E-state index contributed by atoms with van der Waals surface area (Å²) in [6.45, 7) is 5.98. The first-order valence-corrected chi connectivity index (χ1v) is 5.37. The summed E-state index contributed by atoms with van der Waals surface area (Å²) < 4.78 is 0. The molecule has 13 heavy (non-hydrogen) atoms. The number of nitrogen functional groups attached to an aromatic ring is 1. The average Bonchev–Trinajstić information content (AvgIpc) is 2.10. The molecule has 0 unspecified atom stereocenters. The zero-order valence-corrected chi connectivity index (χ0v) is 9.11. The minimum absolute atomic E-state index is 0.709. The van der Waals surface area contributed by atoms with Crippen LogP contribution in [0.15, 0.2) is 5.16 Å². The summed E-state index contributed by atoms with van der Waals surface area (Å²) in [4.78, 5) is 8.60. The minimum Gasteiger partial charge on any atom is -0.396 e. The van der Waals surface area contributed by atoms with Gasteiger partial charge in [0.2, 0.25) is 0 Å². The summed E-state index contributed by atoms with van der Waals surface area (Å²) in [5.74, 6) is 1.06. The number of rotatable bonds is 3. The Balaban J connectivity index is 2.86. The highest BCUT2D eigenvalue weighted by molar-refractivity contribution is 7.99. The smallest absolute Gasteiger partial charge is 0.188 e. The van der Waals surface area contributed by atoms with Crippen LogP contribution in [-0.2, 0) is 0 Å². The lowest BCUT2D eigenvalue weighted by molar-refractivity contribution is 0.905. The van der Waals surface area contributed by atoms with Crippen LogP contribution >= 0.6 is 11.8 Å². The van der Waals surface area contributed by atoms with Gasteiger partial charge in [0.05, 0.1) is 17.1 Å². The van der Waals surface area contributed by atoms with Crippen LogP contribution in [0.3, 0.4) is 0 Å². The largest absolute Gasteiger partial charge is 0.396 e. The third-order valence-electron chi connectivity index (χ3n) is 1.74. The van der Waals surface area contributed by atoms with Crippen molar-refractivity contribution in [2.24, 2.45) is 0 Å². The fraction of sp³-hybridized carbons (Fsp3) is 0.556. The predicted octanol–water partition coefficient (Wildman–Crippen LogP) is 2.18. The molecule has 0 saturated heterocycles. The van der Waals surface area contributed by atoms with Crippen molar-refractivity contribution >= 4 is 17.4 Å². The molecule has 1 aromatic rings. The van der Waals surface area contributed by atoms with Crippen molar-refractivity contribution in [3.8, 4) is 0 Å². The Bertz CT molecular complexity index is 276. The molecule has 0 radical (unpaired) electrons. The van der Waals surface area contributed by atoms with Crippen LogP contribution in [-0.4, -0.2) is 15.7 Å². The number of anilines is 1. The summed E-state index contributed by atoms with van der Waals surface area (Å²) in [5, 5.41) is 0.839. The van der Waals surface area contributed by atoms with Crippen molar-refractivity contribution < 1.29 is 0 Å². The lowest BCUT2D eigenvalue weighted by Gasteiger charge is -2.05. The Labute approximate surface area is 83.2 Å². The van der Waals surface area contributed by atoms with Crippen LogP contribution in [0.1, 0.15) is 24.7 Å². The molecule has 0 aliphatic heterocycles. The van der Waals surface area contributed by atoms with Gasteiger partial charge in [-0.05, 0) is 20.3 Å². The van der Waals surface area contributed by atoms with Crippen LogP contribution in [0, 0.1) is 13.8 Å². The maximum Gasteiger partial charge on any atom is 0.188 e. The summed E-state index contributed by atoms with van der Waals surface area (Å²) in [6.07, 6.45) is 1.14. The summed E-state index contributed by atoms with van der Waals surface area (Å²) in [7, 11) is 0. The fourth-order valence-corrected chi connectivity index (χ4v) is 1.74. The molecule has 4 heteroatoms. The van der Waals surface area contributed by atoms with Crippen LogP contribution in [0.5, 0.6) is 0 Å². The molecule has 72 valence electrons. The van der Waals surface area contributed by atoms with E-state index in [9.17, 15) is 0 Å². The first-order valence-electron chi connectivity index (χ1n) is 4.38. The third-order valence-corrected chi connectivity index (χ3v) is 2.79. The molecule has 0 fully saturated rings. The molecular formula is C9H15N3S. The van der Waals surface area contributed by atoms with Gasteiger partial charge in [-0.3, -0.25) is 0 Å². The Hall–Kier alpha value is -0.770. The van der Waals surface area contributed by atoms with Crippen molar-refractivity contribution in [2.75, 3.05) is 11.5 Å². The van der Waals surface area contributed by atoms with E-state index in [1.807, 2.05) is 13.8 Å². The van der Waals surface area contributed by atoms with E-state index >= 15 is 0 Å². The lowest BCUT2D eigenvalue weighted by atomic mass is 10.3. The highest BCUT2D eigenvalue weighted by atomic mass is 32.2.